The molecule has 0 saturated carbocycles. The zero-order chi connectivity index (χ0) is 21.6. The van der Waals surface area contributed by atoms with Gasteiger partial charge in [-0.1, -0.05) is 18.2 Å². The summed E-state index contributed by atoms with van der Waals surface area (Å²) in [4.78, 5) is 11.4. The van der Waals surface area contributed by atoms with E-state index in [-0.39, 0.29) is 19.1 Å². The molecule has 5 nitrogen and oxygen atoms in total. The van der Waals surface area contributed by atoms with Crippen LogP contribution in [0.25, 0.3) is 0 Å². The molecule has 1 unspecified atom stereocenters. The molecule has 0 heterocycles. The lowest BCUT2D eigenvalue weighted by molar-refractivity contribution is -0.153. The number of hydrogen-bond donors (Lipinski definition) is 1. The molecule has 0 aliphatic heterocycles. The predicted molar refractivity (Wildman–Crippen MR) is 100 cm³/mol. The molecule has 0 aliphatic rings. The van der Waals surface area contributed by atoms with Gasteiger partial charge in [-0.15, -0.1) is 0 Å². The van der Waals surface area contributed by atoms with Gasteiger partial charge in [0.15, 0.2) is 17.6 Å². The Hall–Kier alpha value is -2.74. The van der Waals surface area contributed by atoms with Crippen LogP contribution in [0.15, 0.2) is 42.5 Å². The molecule has 1 atom stereocenters. The fourth-order valence-electron chi connectivity index (χ4n) is 2.70. The number of methoxy groups -OCH3 is 1. The van der Waals surface area contributed by atoms with E-state index in [1.807, 2.05) is 0 Å². The molecule has 2 aromatic rings. The Morgan fingerprint density at radius 1 is 1.07 bits per heavy atom. The maximum atomic E-state index is 12.9. The van der Waals surface area contributed by atoms with Crippen molar-refractivity contribution in [3.05, 3.63) is 59.2 Å². The highest BCUT2D eigenvalue weighted by Gasteiger charge is 2.30. The number of rotatable bonds is 9. The van der Waals surface area contributed by atoms with Crippen molar-refractivity contribution < 1.29 is 37.3 Å². The number of benzene rings is 2. The molecule has 158 valence electrons. The highest BCUT2D eigenvalue weighted by Crippen LogP contribution is 2.32. The largest absolute Gasteiger partial charge is 0.493 e. The third-order valence-electron chi connectivity index (χ3n) is 4.01. The summed E-state index contributed by atoms with van der Waals surface area (Å²) in [6.45, 7) is 3.38. The van der Waals surface area contributed by atoms with Gasteiger partial charge in [0.1, 0.15) is 6.61 Å². The first-order valence-corrected chi connectivity index (χ1v) is 8.94. The molecule has 0 bridgehead atoms. The molecule has 0 saturated heterocycles. The van der Waals surface area contributed by atoms with E-state index in [2.05, 4.69) is 0 Å². The summed E-state index contributed by atoms with van der Waals surface area (Å²) in [5, 5.41) is 9.32. The molecule has 0 fully saturated rings. The Bertz CT molecular complexity index is 833. The van der Waals surface area contributed by atoms with Gasteiger partial charge in [0, 0.05) is 6.42 Å². The Morgan fingerprint density at radius 3 is 2.38 bits per heavy atom. The van der Waals surface area contributed by atoms with E-state index < -0.39 is 23.8 Å². The predicted octanol–water partition coefficient (Wildman–Crippen LogP) is 4.71. The number of carboxylic acid groups (broad SMARTS) is 1. The lowest BCUT2D eigenvalue weighted by Crippen LogP contribution is -2.29. The Balaban J connectivity index is 2.18. The fourth-order valence-corrected chi connectivity index (χ4v) is 2.70. The van der Waals surface area contributed by atoms with Crippen molar-refractivity contribution in [3.63, 3.8) is 0 Å². The minimum atomic E-state index is -4.43. The van der Waals surface area contributed by atoms with Crippen molar-refractivity contribution in [1.29, 1.82) is 0 Å². The molecule has 0 aromatic heterocycles. The first-order chi connectivity index (χ1) is 13.6. The van der Waals surface area contributed by atoms with E-state index in [1.54, 1.807) is 32.0 Å². The molecule has 0 spiro atoms. The number of ether oxygens (including phenoxy) is 3. The van der Waals surface area contributed by atoms with Gasteiger partial charge in [-0.05, 0) is 49.2 Å². The average molecular weight is 412 g/mol. The maximum absolute atomic E-state index is 12.9. The van der Waals surface area contributed by atoms with Crippen molar-refractivity contribution in [2.75, 3.05) is 7.11 Å². The maximum Gasteiger partial charge on any atom is 0.416 e. The van der Waals surface area contributed by atoms with Crippen LogP contribution in [0.2, 0.25) is 0 Å². The zero-order valence-corrected chi connectivity index (χ0v) is 16.3. The van der Waals surface area contributed by atoms with Crippen LogP contribution >= 0.6 is 0 Å². The van der Waals surface area contributed by atoms with Gasteiger partial charge in [-0.3, -0.25) is 0 Å². The van der Waals surface area contributed by atoms with Crippen LogP contribution < -0.4 is 9.47 Å². The molecule has 2 aromatic carbocycles. The van der Waals surface area contributed by atoms with Crippen LogP contribution in [0.5, 0.6) is 11.5 Å². The Kier molecular flexibility index (Phi) is 7.50. The summed E-state index contributed by atoms with van der Waals surface area (Å²) < 4.78 is 54.9. The molecule has 0 radical (unpaired) electrons. The number of hydrogen-bond acceptors (Lipinski definition) is 4. The van der Waals surface area contributed by atoms with Crippen molar-refractivity contribution in [2.45, 2.75) is 45.3 Å². The number of aliphatic carboxylic acids is 1. The molecular formula is C21H23F3O5. The summed E-state index contributed by atoms with van der Waals surface area (Å²) in [5.74, 6) is -0.394. The van der Waals surface area contributed by atoms with Crippen molar-refractivity contribution >= 4 is 5.97 Å². The second kappa shape index (κ2) is 9.65. The van der Waals surface area contributed by atoms with Crippen molar-refractivity contribution in [3.8, 4) is 11.5 Å². The van der Waals surface area contributed by atoms with Crippen LogP contribution in [0.3, 0.4) is 0 Å². The highest BCUT2D eigenvalue weighted by atomic mass is 19.4. The number of alkyl halides is 3. The first kappa shape index (κ1) is 22.5. The Labute approximate surface area is 167 Å². The average Bonchev–Trinajstić information content (AvgIpc) is 2.65. The minimum absolute atomic E-state index is 0.103. The summed E-state index contributed by atoms with van der Waals surface area (Å²) in [6.07, 6.45) is -5.61. The second-order valence-corrected chi connectivity index (χ2v) is 6.69. The zero-order valence-electron chi connectivity index (χ0n) is 16.3. The lowest BCUT2D eigenvalue weighted by atomic mass is 10.1. The number of halogens is 3. The third kappa shape index (κ3) is 6.67. The van der Waals surface area contributed by atoms with Gasteiger partial charge >= 0.3 is 12.1 Å². The Morgan fingerprint density at radius 2 is 1.79 bits per heavy atom. The van der Waals surface area contributed by atoms with Crippen LogP contribution in [-0.2, 0) is 28.7 Å². The number of carboxylic acids is 1. The second-order valence-electron chi connectivity index (χ2n) is 6.69. The summed E-state index contributed by atoms with van der Waals surface area (Å²) >= 11 is 0. The van der Waals surface area contributed by atoms with Crippen LogP contribution in [0, 0.1) is 0 Å². The van der Waals surface area contributed by atoms with Gasteiger partial charge in [0.25, 0.3) is 0 Å². The van der Waals surface area contributed by atoms with E-state index in [1.165, 1.54) is 19.2 Å². The van der Waals surface area contributed by atoms with E-state index in [0.717, 1.165) is 12.1 Å². The van der Waals surface area contributed by atoms with Crippen LogP contribution in [0.4, 0.5) is 13.2 Å². The lowest BCUT2D eigenvalue weighted by Gasteiger charge is -2.18. The van der Waals surface area contributed by atoms with E-state index >= 15 is 0 Å². The van der Waals surface area contributed by atoms with Gasteiger partial charge in [-0.2, -0.15) is 13.2 Å². The molecule has 1 N–H and O–H groups in total. The smallest absolute Gasteiger partial charge is 0.416 e. The van der Waals surface area contributed by atoms with E-state index in [4.69, 9.17) is 14.2 Å². The first-order valence-electron chi connectivity index (χ1n) is 8.94. The molecule has 29 heavy (non-hydrogen) atoms. The van der Waals surface area contributed by atoms with Gasteiger partial charge in [-0.25, -0.2) is 4.79 Å². The quantitative estimate of drug-likeness (QED) is 0.646. The molecule has 2 rings (SSSR count). The van der Waals surface area contributed by atoms with Gasteiger partial charge < -0.3 is 19.3 Å². The SMILES string of the molecule is COc1ccc(CC(OC(C)C)C(=O)O)cc1OCc1cccc(C(F)(F)F)c1. The van der Waals surface area contributed by atoms with Crippen LogP contribution in [-0.4, -0.2) is 30.4 Å². The number of carbonyl (C=O) groups is 1. The highest BCUT2D eigenvalue weighted by molar-refractivity contribution is 5.72. The third-order valence-corrected chi connectivity index (χ3v) is 4.01. The van der Waals surface area contributed by atoms with Crippen LogP contribution in [0.1, 0.15) is 30.5 Å². The summed E-state index contributed by atoms with van der Waals surface area (Å²) in [5.41, 5.74) is 0.228. The monoisotopic (exact) mass is 412 g/mol. The molecular weight excluding hydrogens is 389 g/mol. The normalized spacial score (nSPS) is 12.7. The minimum Gasteiger partial charge on any atom is -0.493 e. The molecule has 0 amide bonds. The standard InChI is InChI=1S/C21H23F3O5/c1-13(2)29-19(20(25)26)11-14-7-8-17(27-3)18(10-14)28-12-15-5-4-6-16(9-15)21(22,23)24/h4-10,13,19H,11-12H2,1-3H3,(H,25,26). The summed E-state index contributed by atoms with van der Waals surface area (Å²) in [7, 11) is 1.44. The van der Waals surface area contributed by atoms with Crippen molar-refractivity contribution in [1.82, 2.24) is 0 Å². The van der Waals surface area contributed by atoms with Gasteiger partial charge in [0.05, 0.1) is 18.8 Å². The van der Waals surface area contributed by atoms with Gasteiger partial charge in [0.2, 0.25) is 0 Å². The van der Waals surface area contributed by atoms with E-state index in [9.17, 15) is 23.1 Å². The van der Waals surface area contributed by atoms with E-state index in [0.29, 0.717) is 22.6 Å². The molecule has 8 heteroatoms. The summed E-state index contributed by atoms with van der Waals surface area (Å²) in [6, 6.07) is 9.77. The fraction of sp³-hybridized carbons (Fsp3) is 0.381. The molecule has 0 aliphatic carbocycles. The topological polar surface area (TPSA) is 65.0 Å². The van der Waals surface area contributed by atoms with Crippen molar-refractivity contribution in [2.24, 2.45) is 0 Å².